The monoisotopic (exact) mass is 328 g/mol. The molecular formula is C14H14Cl2N2OS. The van der Waals surface area contributed by atoms with Crippen LogP contribution in [0.25, 0.3) is 0 Å². The van der Waals surface area contributed by atoms with E-state index in [0.717, 1.165) is 11.8 Å². The summed E-state index contributed by atoms with van der Waals surface area (Å²) in [6.45, 7) is 1.68. The molecule has 0 aliphatic carbocycles. The molecule has 0 aliphatic rings. The number of thioether (sulfide) groups is 1. The highest BCUT2D eigenvalue weighted by Crippen LogP contribution is 2.27. The molecule has 0 saturated heterocycles. The van der Waals surface area contributed by atoms with E-state index in [1.54, 1.807) is 19.1 Å². The van der Waals surface area contributed by atoms with Gasteiger partial charge in [-0.15, -0.1) is 24.4 Å². The van der Waals surface area contributed by atoms with Gasteiger partial charge in [-0.2, -0.15) is 5.10 Å². The molecule has 0 spiro atoms. The Labute approximate surface area is 133 Å². The smallest absolute Gasteiger partial charge is 0.114 e. The van der Waals surface area contributed by atoms with Gasteiger partial charge < -0.3 is 10.9 Å². The molecule has 0 bridgehead atoms. The van der Waals surface area contributed by atoms with Crippen molar-refractivity contribution in [2.45, 2.75) is 13.3 Å². The van der Waals surface area contributed by atoms with Gasteiger partial charge in [0.2, 0.25) is 0 Å². The first kappa shape index (κ1) is 18.5. The first-order valence-corrected chi connectivity index (χ1v) is 7.10. The Hall–Kier alpha value is -1.46. The molecule has 0 unspecified atom stereocenters. The van der Waals surface area contributed by atoms with Gasteiger partial charge in [-0.3, -0.25) is 0 Å². The van der Waals surface area contributed by atoms with Gasteiger partial charge in [0, 0.05) is 22.7 Å². The van der Waals surface area contributed by atoms with Crippen molar-refractivity contribution in [3.05, 3.63) is 33.4 Å². The van der Waals surface area contributed by atoms with Crippen LogP contribution in [0.2, 0.25) is 0 Å². The molecule has 0 aromatic rings. The van der Waals surface area contributed by atoms with Crippen molar-refractivity contribution < 1.29 is 5.11 Å². The van der Waals surface area contributed by atoms with Gasteiger partial charge >= 0.3 is 0 Å². The van der Waals surface area contributed by atoms with E-state index < -0.39 is 0 Å². The predicted molar refractivity (Wildman–Crippen MR) is 89.6 cm³/mol. The highest BCUT2D eigenvalue weighted by molar-refractivity contribution is 8.07. The van der Waals surface area contributed by atoms with Crippen molar-refractivity contribution in [2.75, 3.05) is 5.88 Å². The lowest BCUT2D eigenvalue weighted by atomic mass is 10.1. The fraction of sp³-hybridized carbons (Fsp3) is 0.214. The number of aliphatic hydroxyl groups is 1. The number of halogens is 2. The summed E-state index contributed by atoms with van der Waals surface area (Å²) < 4.78 is 0. The SMILES string of the molecule is C#CSC(/C(C#C)=C/C=C(/Cl)CCl)=C(/O)C/C(C)=N/N. The average Bonchev–Trinajstić information content (AvgIpc) is 2.45. The lowest BCUT2D eigenvalue weighted by molar-refractivity contribution is 0.403. The summed E-state index contributed by atoms with van der Waals surface area (Å²) in [5, 5.41) is 16.3. The van der Waals surface area contributed by atoms with Crippen LogP contribution in [0.4, 0.5) is 0 Å². The van der Waals surface area contributed by atoms with Crippen molar-refractivity contribution in [1.82, 2.24) is 0 Å². The second-order valence-electron chi connectivity index (χ2n) is 3.51. The molecule has 3 nitrogen and oxygen atoms in total. The summed E-state index contributed by atoms with van der Waals surface area (Å²) in [7, 11) is 0. The molecule has 0 rings (SSSR count). The Balaban J connectivity index is 5.61. The number of allylic oxidation sites excluding steroid dienone is 5. The molecule has 0 aromatic carbocycles. The number of hydrogen-bond donors (Lipinski definition) is 2. The number of alkyl halides is 1. The number of hydrogen-bond acceptors (Lipinski definition) is 4. The number of terminal acetylenes is 2. The standard InChI is InChI=1S/C14H14Cl2N2OS/c1-4-11(6-7-12(16)9-15)14(20-5-2)13(19)8-10(3)18-17/h1-2,6-7,19H,8-9,17H2,3H3/b11-6+,12-7+,14-13+,18-10+. The van der Waals surface area contributed by atoms with Gasteiger partial charge in [0.1, 0.15) is 5.76 Å². The van der Waals surface area contributed by atoms with Crippen molar-refractivity contribution in [2.24, 2.45) is 10.9 Å². The van der Waals surface area contributed by atoms with Gasteiger partial charge in [0.05, 0.1) is 10.8 Å². The molecule has 3 N–H and O–H groups in total. The molecular weight excluding hydrogens is 315 g/mol. The van der Waals surface area contributed by atoms with E-state index in [1.807, 2.05) is 0 Å². The lowest BCUT2D eigenvalue weighted by Crippen LogP contribution is -2.01. The molecule has 20 heavy (non-hydrogen) atoms. The molecule has 0 aliphatic heterocycles. The minimum absolute atomic E-state index is 0.000698. The zero-order valence-corrected chi connectivity index (χ0v) is 13.2. The van der Waals surface area contributed by atoms with Gasteiger partial charge in [-0.1, -0.05) is 17.5 Å². The summed E-state index contributed by atoms with van der Waals surface area (Å²) >= 11 is 12.3. The maximum Gasteiger partial charge on any atom is 0.114 e. The summed E-state index contributed by atoms with van der Waals surface area (Å²) in [5.74, 6) is 7.75. The van der Waals surface area contributed by atoms with Crippen LogP contribution in [0, 0.1) is 24.0 Å². The van der Waals surface area contributed by atoms with Crippen LogP contribution in [0.3, 0.4) is 0 Å². The molecule has 0 saturated carbocycles. The fourth-order valence-corrected chi connectivity index (χ4v) is 1.80. The van der Waals surface area contributed by atoms with Crippen LogP contribution in [0.15, 0.2) is 38.5 Å². The number of rotatable bonds is 6. The minimum atomic E-state index is -0.000698. The molecule has 0 amide bonds. The lowest BCUT2D eigenvalue weighted by Gasteiger charge is -2.07. The summed E-state index contributed by atoms with van der Waals surface area (Å²) in [6, 6.07) is 0. The van der Waals surface area contributed by atoms with E-state index in [2.05, 4.69) is 16.3 Å². The molecule has 0 radical (unpaired) electrons. The van der Waals surface area contributed by atoms with Crippen LogP contribution in [0.5, 0.6) is 0 Å². The topological polar surface area (TPSA) is 58.6 Å². The van der Waals surface area contributed by atoms with Crippen LogP contribution in [0.1, 0.15) is 13.3 Å². The fourth-order valence-electron chi connectivity index (χ4n) is 1.10. The summed E-state index contributed by atoms with van der Waals surface area (Å²) in [4.78, 5) is 0.383. The third kappa shape index (κ3) is 6.63. The molecule has 0 fully saturated rings. The van der Waals surface area contributed by atoms with Crippen LogP contribution >= 0.6 is 35.0 Å². The third-order valence-corrected chi connectivity index (χ3v) is 3.49. The molecule has 106 valence electrons. The zero-order valence-electron chi connectivity index (χ0n) is 10.9. The zero-order chi connectivity index (χ0) is 15.5. The Morgan fingerprint density at radius 3 is 2.55 bits per heavy atom. The largest absolute Gasteiger partial charge is 0.511 e. The quantitative estimate of drug-likeness (QED) is 0.148. The minimum Gasteiger partial charge on any atom is -0.511 e. The number of hydrazone groups is 1. The highest BCUT2D eigenvalue weighted by Gasteiger charge is 2.11. The van der Waals surface area contributed by atoms with E-state index >= 15 is 0 Å². The van der Waals surface area contributed by atoms with Gasteiger partial charge in [0.15, 0.2) is 0 Å². The second-order valence-corrected chi connectivity index (χ2v) is 5.11. The average molecular weight is 329 g/mol. The van der Waals surface area contributed by atoms with E-state index in [0.29, 0.717) is 21.2 Å². The third-order valence-electron chi connectivity index (χ3n) is 2.03. The maximum absolute atomic E-state index is 10.1. The Morgan fingerprint density at radius 1 is 1.45 bits per heavy atom. The van der Waals surface area contributed by atoms with E-state index in [9.17, 15) is 5.11 Å². The molecule has 6 heteroatoms. The normalized spacial score (nSPS) is 14.3. The maximum atomic E-state index is 10.1. The number of aliphatic hydroxyl groups excluding tert-OH is 1. The number of nitrogens with two attached hydrogens (primary N) is 1. The van der Waals surface area contributed by atoms with Crippen molar-refractivity contribution in [1.29, 1.82) is 0 Å². The Kier molecular flexibility index (Phi) is 9.59. The van der Waals surface area contributed by atoms with Gasteiger partial charge in [0.25, 0.3) is 0 Å². The van der Waals surface area contributed by atoms with Crippen LogP contribution < -0.4 is 5.84 Å². The number of nitrogens with zero attached hydrogens (tertiary/aromatic N) is 1. The van der Waals surface area contributed by atoms with E-state index in [1.165, 1.54) is 0 Å². The van der Waals surface area contributed by atoms with Crippen LogP contribution in [-0.2, 0) is 0 Å². The second kappa shape index (κ2) is 10.3. The first-order chi connectivity index (χ1) is 9.49. The van der Waals surface area contributed by atoms with E-state index in [-0.39, 0.29) is 18.1 Å². The first-order valence-electron chi connectivity index (χ1n) is 5.37. The predicted octanol–water partition coefficient (Wildman–Crippen LogP) is 3.73. The van der Waals surface area contributed by atoms with Crippen molar-refractivity contribution in [3.63, 3.8) is 0 Å². The summed E-state index contributed by atoms with van der Waals surface area (Å²) in [5.41, 5.74) is 0.946. The Morgan fingerprint density at radius 2 is 2.10 bits per heavy atom. The van der Waals surface area contributed by atoms with Crippen molar-refractivity contribution >= 4 is 40.7 Å². The van der Waals surface area contributed by atoms with Gasteiger partial charge in [-0.05, 0) is 36.1 Å². The molecule has 0 heterocycles. The van der Waals surface area contributed by atoms with E-state index in [4.69, 9.17) is 41.9 Å². The van der Waals surface area contributed by atoms with Crippen LogP contribution in [-0.4, -0.2) is 16.7 Å². The van der Waals surface area contributed by atoms with Crippen molar-refractivity contribution in [3.8, 4) is 24.0 Å². The van der Waals surface area contributed by atoms with Gasteiger partial charge in [-0.25, -0.2) is 0 Å². The molecule has 0 aromatic heterocycles. The summed E-state index contributed by atoms with van der Waals surface area (Å²) in [6.07, 6.45) is 14.0. The molecule has 0 atom stereocenters. The Bertz CT molecular complexity index is 549. The highest BCUT2D eigenvalue weighted by atomic mass is 35.5.